The lowest BCUT2D eigenvalue weighted by molar-refractivity contribution is 0.455. The average Bonchev–Trinajstić information content (AvgIpc) is 2.39. The van der Waals surface area contributed by atoms with Crippen LogP contribution < -0.4 is 0 Å². The minimum absolute atomic E-state index is 0.856. The maximum Gasteiger partial charge on any atom is 0.216 e. The number of aliphatic imine (C=N–C) groups is 1. The Labute approximate surface area is 79.0 Å². The Bertz CT molecular complexity index is 286. The Morgan fingerprint density at radius 2 is 2.46 bits per heavy atom. The average molecular weight is 177 g/mol. The van der Waals surface area contributed by atoms with Crippen molar-refractivity contribution in [2.24, 2.45) is 4.99 Å². The molecule has 0 aromatic carbocycles. The summed E-state index contributed by atoms with van der Waals surface area (Å²) < 4.78 is 5.53. The van der Waals surface area contributed by atoms with Gasteiger partial charge in [0.25, 0.3) is 0 Å². The lowest BCUT2D eigenvalue weighted by Gasteiger charge is -2.12. The molecule has 0 bridgehead atoms. The second-order valence-electron chi connectivity index (χ2n) is 3.47. The molecule has 2 heteroatoms. The topological polar surface area (TPSA) is 21.6 Å². The molecule has 13 heavy (non-hydrogen) atoms. The fourth-order valence-electron chi connectivity index (χ4n) is 1.63. The van der Waals surface area contributed by atoms with E-state index in [4.69, 9.17) is 4.74 Å². The first-order chi connectivity index (χ1) is 6.40. The number of hydrogen-bond acceptors (Lipinski definition) is 2. The lowest BCUT2D eigenvalue weighted by Crippen LogP contribution is -2.10. The summed E-state index contributed by atoms with van der Waals surface area (Å²) in [5, 5.41) is 0. The van der Waals surface area contributed by atoms with Gasteiger partial charge >= 0.3 is 0 Å². The van der Waals surface area contributed by atoms with Gasteiger partial charge in [0.05, 0.1) is 6.26 Å². The third kappa shape index (κ3) is 1.82. The lowest BCUT2D eigenvalue weighted by atomic mass is 10.0. The van der Waals surface area contributed by atoms with E-state index in [1.54, 1.807) is 0 Å². The summed E-state index contributed by atoms with van der Waals surface area (Å²) in [6.45, 7) is 3.08. The summed E-state index contributed by atoms with van der Waals surface area (Å²) in [7, 11) is 0. The normalized spacial score (nSPS) is 21.8. The van der Waals surface area contributed by atoms with Crippen LogP contribution in [-0.4, -0.2) is 12.4 Å². The van der Waals surface area contributed by atoms with Gasteiger partial charge in [0, 0.05) is 12.1 Å². The first-order valence-electron chi connectivity index (χ1n) is 4.98. The van der Waals surface area contributed by atoms with E-state index in [1.807, 2.05) is 6.26 Å². The van der Waals surface area contributed by atoms with Gasteiger partial charge in [-0.3, -0.25) is 4.99 Å². The van der Waals surface area contributed by atoms with E-state index in [1.165, 1.54) is 17.6 Å². The van der Waals surface area contributed by atoms with Crippen LogP contribution in [0.4, 0.5) is 0 Å². The molecule has 0 atom stereocenters. The van der Waals surface area contributed by atoms with Crippen LogP contribution in [0.15, 0.2) is 28.5 Å². The van der Waals surface area contributed by atoms with Crippen molar-refractivity contribution in [2.45, 2.75) is 32.6 Å². The fraction of sp³-hybridized carbons (Fsp3) is 0.545. The van der Waals surface area contributed by atoms with Crippen LogP contribution in [0.25, 0.3) is 0 Å². The van der Waals surface area contributed by atoms with Gasteiger partial charge in [-0.1, -0.05) is 13.0 Å². The third-order valence-electron chi connectivity index (χ3n) is 2.54. The number of fused-ring (bicyclic) bond motifs is 1. The maximum atomic E-state index is 5.53. The zero-order valence-electron chi connectivity index (χ0n) is 8.05. The molecule has 70 valence electrons. The highest BCUT2D eigenvalue weighted by atomic mass is 16.5. The molecule has 0 spiro atoms. The van der Waals surface area contributed by atoms with Crippen molar-refractivity contribution in [1.29, 1.82) is 0 Å². The number of hydrogen-bond donors (Lipinski definition) is 0. The summed E-state index contributed by atoms with van der Waals surface area (Å²) in [5.74, 6) is 0.856. The van der Waals surface area contributed by atoms with Crippen LogP contribution in [0.3, 0.4) is 0 Å². The zero-order chi connectivity index (χ0) is 9.10. The largest absolute Gasteiger partial charge is 0.447 e. The predicted octanol–water partition coefficient (Wildman–Crippen LogP) is 2.82. The molecule has 2 aliphatic heterocycles. The highest BCUT2D eigenvalue weighted by molar-refractivity contribution is 5.94. The maximum absolute atomic E-state index is 5.53. The molecule has 2 rings (SSSR count). The van der Waals surface area contributed by atoms with Crippen molar-refractivity contribution in [2.75, 3.05) is 6.54 Å². The fourth-order valence-corrected chi connectivity index (χ4v) is 1.63. The van der Waals surface area contributed by atoms with Crippen LogP contribution >= 0.6 is 0 Å². The molecule has 0 N–H and O–H groups in total. The number of allylic oxidation sites excluding steroid dienone is 2. The monoisotopic (exact) mass is 177 g/mol. The summed E-state index contributed by atoms with van der Waals surface area (Å²) in [6, 6.07) is 0. The summed E-state index contributed by atoms with van der Waals surface area (Å²) in [6.07, 6.45) is 8.53. The van der Waals surface area contributed by atoms with Gasteiger partial charge in [-0.25, -0.2) is 0 Å². The Kier molecular flexibility index (Phi) is 2.48. The quantitative estimate of drug-likeness (QED) is 0.603. The van der Waals surface area contributed by atoms with Crippen molar-refractivity contribution in [3.8, 4) is 0 Å². The SMILES string of the molecule is CCC1=COC2=NCCCC2=CC1. The van der Waals surface area contributed by atoms with E-state index in [2.05, 4.69) is 18.0 Å². The molecule has 2 aliphatic rings. The van der Waals surface area contributed by atoms with E-state index in [9.17, 15) is 0 Å². The van der Waals surface area contributed by atoms with Gasteiger partial charge in [-0.2, -0.15) is 0 Å². The molecule has 0 aromatic rings. The molecular weight excluding hydrogens is 162 g/mol. The third-order valence-corrected chi connectivity index (χ3v) is 2.54. The molecule has 0 fully saturated rings. The van der Waals surface area contributed by atoms with Crippen LogP contribution in [0, 0.1) is 0 Å². The zero-order valence-corrected chi connectivity index (χ0v) is 8.05. The van der Waals surface area contributed by atoms with E-state index in [0.717, 1.165) is 31.7 Å². The smallest absolute Gasteiger partial charge is 0.216 e. The predicted molar refractivity (Wildman–Crippen MR) is 53.7 cm³/mol. The van der Waals surface area contributed by atoms with Gasteiger partial charge < -0.3 is 4.74 Å². The van der Waals surface area contributed by atoms with E-state index in [0.29, 0.717) is 0 Å². The summed E-state index contributed by atoms with van der Waals surface area (Å²) >= 11 is 0. The molecule has 2 heterocycles. The molecule has 0 aromatic heterocycles. The molecule has 0 unspecified atom stereocenters. The van der Waals surface area contributed by atoms with Gasteiger partial charge in [0.2, 0.25) is 5.90 Å². The molecule has 0 radical (unpaired) electrons. The second-order valence-corrected chi connectivity index (χ2v) is 3.47. The van der Waals surface area contributed by atoms with Crippen LogP contribution in [0.1, 0.15) is 32.6 Å². The Hall–Kier alpha value is -1.05. The van der Waals surface area contributed by atoms with Gasteiger partial charge in [-0.05, 0) is 31.3 Å². The number of nitrogens with zero attached hydrogens (tertiary/aromatic N) is 1. The van der Waals surface area contributed by atoms with Crippen LogP contribution in [-0.2, 0) is 4.74 Å². The van der Waals surface area contributed by atoms with E-state index >= 15 is 0 Å². The molecule has 0 saturated carbocycles. The Morgan fingerprint density at radius 1 is 1.54 bits per heavy atom. The molecule has 0 saturated heterocycles. The first-order valence-corrected chi connectivity index (χ1v) is 4.98. The molecule has 0 aliphatic carbocycles. The van der Waals surface area contributed by atoms with Crippen molar-refractivity contribution >= 4 is 5.90 Å². The van der Waals surface area contributed by atoms with Crippen molar-refractivity contribution in [3.63, 3.8) is 0 Å². The standard InChI is InChI=1S/C11H15NO/c1-2-9-5-6-10-4-3-7-12-11(10)13-8-9/h6,8H,2-5,7H2,1H3. The highest BCUT2D eigenvalue weighted by Gasteiger charge is 2.14. The van der Waals surface area contributed by atoms with Crippen molar-refractivity contribution in [3.05, 3.63) is 23.5 Å². The molecule has 0 amide bonds. The molecular formula is C11H15NO. The molecule has 2 nitrogen and oxygen atoms in total. The summed E-state index contributed by atoms with van der Waals surface area (Å²) in [5.41, 5.74) is 2.65. The minimum atomic E-state index is 0.856. The Morgan fingerprint density at radius 3 is 3.31 bits per heavy atom. The van der Waals surface area contributed by atoms with Crippen LogP contribution in [0.2, 0.25) is 0 Å². The van der Waals surface area contributed by atoms with Gasteiger partial charge in [0.15, 0.2) is 0 Å². The van der Waals surface area contributed by atoms with E-state index < -0.39 is 0 Å². The van der Waals surface area contributed by atoms with Gasteiger partial charge in [0.1, 0.15) is 0 Å². The van der Waals surface area contributed by atoms with Crippen molar-refractivity contribution in [1.82, 2.24) is 0 Å². The number of rotatable bonds is 1. The first kappa shape index (κ1) is 8.54. The second kappa shape index (κ2) is 3.77. The number of ether oxygens (including phenoxy) is 1. The van der Waals surface area contributed by atoms with E-state index in [-0.39, 0.29) is 0 Å². The summed E-state index contributed by atoms with van der Waals surface area (Å²) in [4.78, 5) is 4.36. The highest BCUT2D eigenvalue weighted by Crippen LogP contribution is 2.21. The Balaban J connectivity index is 2.21. The van der Waals surface area contributed by atoms with Crippen LogP contribution in [0.5, 0.6) is 0 Å². The van der Waals surface area contributed by atoms with Gasteiger partial charge in [-0.15, -0.1) is 0 Å². The van der Waals surface area contributed by atoms with Crippen molar-refractivity contribution < 1.29 is 4.74 Å². The minimum Gasteiger partial charge on any atom is -0.447 e.